The molecule has 1 saturated carbocycles. The van der Waals surface area contributed by atoms with E-state index >= 15 is 0 Å². The number of carbonyl (C=O) groups excluding carboxylic acids is 1. The Labute approximate surface area is 135 Å². The van der Waals surface area contributed by atoms with Crippen LogP contribution in [0.15, 0.2) is 36.0 Å². The molecule has 2 aliphatic carbocycles. The van der Waals surface area contributed by atoms with Crippen LogP contribution in [0.5, 0.6) is 0 Å². The maximum atomic E-state index is 13.1. The normalized spacial score (nSPS) is 25.1. The highest BCUT2D eigenvalue weighted by Gasteiger charge is 2.45. The van der Waals surface area contributed by atoms with Crippen LogP contribution < -0.4 is 0 Å². The number of carbonyl (C=O) groups is 1. The highest BCUT2D eigenvalue weighted by Crippen LogP contribution is 2.52. The van der Waals surface area contributed by atoms with Crippen molar-refractivity contribution in [2.75, 3.05) is 0 Å². The van der Waals surface area contributed by atoms with Crippen LogP contribution in [0.25, 0.3) is 11.8 Å². The molecule has 0 aliphatic heterocycles. The first-order valence-corrected chi connectivity index (χ1v) is 7.61. The molecule has 0 saturated heterocycles. The summed E-state index contributed by atoms with van der Waals surface area (Å²) < 4.78 is 15.0. The third-order valence-corrected chi connectivity index (χ3v) is 5.27. The van der Waals surface area contributed by atoms with Crippen LogP contribution in [0, 0.1) is 17.2 Å². The number of fused-ring (bicyclic) bond motifs is 2. The Morgan fingerprint density at radius 3 is 2.78 bits per heavy atom. The molecule has 1 fully saturated rings. The molecular weight excluding hydrogens is 291 g/mol. The van der Waals surface area contributed by atoms with E-state index in [2.05, 4.69) is 18.1 Å². The van der Waals surface area contributed by atoms with Gasteiger partial charge >= 0.3 is 0 Å². The van der Waals surface area contributed by atoms with E-state index in [1.807, 2.05) is 10.9 Å². The van der Waals surface area contributed by atoms with Crippen molar-refractivity contribution >= 4 is 12.4 Å². The Bertz CT molecular complexity index is 775. The molecule has 0 radical (unpaired) electrons. The van der Waals surface area contributed by atoms with E-state index < -0.39 is 0 Å². The van der Waals surface area contributed by atoms with Crippen molar-refractivity contribution in [2.24, 2.45) is 11.3 Å². The highest BCUT2D eigenvalue weighted by atomic mass is 19.1. The molecule has 3 nitrogen and oxygen atoms in total. The second-order valence-corrected chi connectivity index (χ2v) is 6.49. The summed E-state index contributed by atoms with van der Waals surface area (Å²) in [6.07, 6.45) is 7.90. The van der Waals surface area contributed by atoms with Gasteiger partial charge in [0.25, 0.3) is 0 Å². The largest absolute Gasteiger partial charge is 0.303 e. The van der Waals surface area contributed by atoms with Gasteiger partial charge in [-0.3, -0.25) is 0 Å². The first kappa shape index (κ1) is 15.7. The molecule has 0 amide bonds. The zero-order valence-electron chi connectivity index (χ0n) is 12.4. The van der Waals surface area contributed by atoms with Crippen LogP contribution in [-0.4, -0.2) is 16.1 Å². The number of aromatic nitrogens is 2. The van der Waals surface area contributed by atoms with E-state index in [0.717, 1.165) is 42.5 Å². The van der Waals surface area contributed by atoms with Gasteiger partial charge in [0.05, 0.1) is 17.6 Å². The van der Waals surface area contributed by atoms with Gasteiger partial charge in [-0.1, -0.05) is 19.9 Å². The maximum absolute atomic E-state index is 13.1. The predicted octanol–water partition coefficient (Wildman–Crippen LogP) is 4.20. The summed E-state index contributed by atoms with van der Waals surface area (Å²) in [5.41, 5.74) is 4.34. The lowest BCUT2D eigenvalue weighted by atomic mass is 9.70. The van der Waals surface area contributed by atoms with E-state index in [4.69, 9.17) is 0 Å². The zero-order chi connectivity index (χ0) is 15.3. The van der Waals surface area contributed by atoms with Crippen molar-refractivity contribution in [3.8, 4) is 5.69 Å². The average Bonchev–Trinajstić information content (AvgIpc) is 3.05. The Kier molecular flexibility index (Phi) is 3.71. The lowest BCUT2D eigenvalue weighted by Gasteiger charge is -2.33. The third-order valence-electron chi connectivity index (χ3n) is 5.27. The van der Waals surface area contributed by atoms with Crippen LogP contribution in [0.1, 0.15) is 38.4 Å². The zero-order valence-corrected chi connectivity index (χ0v) is 12.4. The lowest BCUT2D eigenvalue weighted by Crippen LogP contribution is -2.29. The Balaban J connectivity index is 0.00000156. The summed E-state index contributed by atoms with van der Waals surface area (Å²) >= 11 is 0. The van der Waals surface area contributed by atoms with Gasteiger partial charge in [-0.2, -0.15) is 5.10 Å². The van der Waals surface area contributed by atoms with Crippen molar-refractivity contribution in [3.63, 3.8) is 0 Å². The molecule has 2 atom stereocenters. The molecule has 1 aromatic heterocycles. The number of rotatable bonds is 2. The van der Waals surface area contributed by atoms with Gasteiger partial charge in [-0.05, 0) is 55.2 Å². The van der Waals surface area contributed by atoms with Crippen LogP contribution in [-0.2, 0) is 11.2 Å². The Morgan fingerprint density at radius 2 is 2.09 bits per heavy atom. The van der Waals surface area contributed by atoms with Gasteiger partial charge in [-0.15, -0.1) is 0 Å². The number of allylic oxidation sites excluding steroid dienone is 1. The topological polar surface area (TPSA) is 34.9 Å². The summed E-state index contributed by atoms with van der Waals surface area (Å²) in [5.74, 6) is -0.151. The number of benzene rings is 1. The van der Waals surface area contributed by atoms with E-state index in [9.17, 15) is 9.18 Å². The van der Waals surface area contributed by atoms with Crippen molar-refractivity contribution < 1.29 is 9.18 Å². The van der Waals surface area contributed by atoms with Crippen molar-refractivity contribution in [1.82, 2.24) is 9.78 Å². The summed E-state index contributed by atoms with van der Waals surface area (Å²) in [5, 5.41) is 4.47. The molecule has 120 valence electrons. The van der Waals surface area contributed by atoms with Gasteiger partial charge in [-0.25, -0.2) is 9.07 Å². The molecule has 23 heavy (non-hydrogen) atoms. The standard InChI is InChI=1S/C18H17FN2O.CH4/c1-18-9-12-10-20-21(16-6-4-15(19)5-7-16)17(12)8-13(18)2-3-14(18)11-22;/h4-8,10-11,14H,2-3,9H2,1H3;1H4/t14-,18+;/m1./s1. The van der Waals surface area contributed by atoms with Crippen molar-refractivity contribution in [3.05, 3.63) is 53.1 Å². The number of halogens is 1. The molecular formula is C19H21FN2O. The SMILES string of the molecule is C.C[C@]12Cc3cnn(-c4ccc(F)cc4)c3C=C1CC[C@@H]2C=O. The lowest BCUT2D eigenvalue weighted by molar-refractivity contribution is -0.113. The Hall–Kier alpha value is -2.23. The minimum absolute atomic E-state index is 0. The van der Waals surface area contributed by atoms with Gasteiger partial charge in [0.1, 0.15) is 12.1 Å². The van der Waals surface area contributed by atoms with Gasteiger partial charge in [0.15, 0.2) is 0 Å². The Morgan fingerprint density at radius 1 is 1.35 bits per heavy atom. The molecule has 1 heterocycles. The molecule has 0 bridgehead atoms. The number of hydrogen-bond donors (Lipinski definition) is 0. The van der Waals surface area contributed by atoms with E-state index in [1.54, 1.807) is 12.1 Å². The minimum Gasteiger partial charge on any atom is -0.303 e. The number of hydrogen-bond acceptors (Lipinski definition) is 2. The molecule has 1 aromatic carbocycles. The second kappa shape index (κ2) is 5.44. The molecule has 2 aliphatic rings. The molecule has 0 spiro atoms. The second-order valence-electron chi connectivity index (χ2n) is 6.49. The number of aldehydes is 1. The monoisotopic (exact) mass is 312 g/mol. The molecule has 0 N–H and O–H groups in total. The van der Waals surface area contributed by atoms with Crippen LogP contribution in [0.3, 0.4) is 0 Å². The summed E-state index contributed by atoms with van der Waals surface area (Å²) in [6.45, 7) is 2.18. The van der Waals surface area contributed by atoms with E-state index in [-0.39, 0.29) is 24.6 Å². The minimum atomic E-state index is -0.250. The average molecular weight is 312 g/mol. The quantitative estimate of drug-likeness (QED) is 0.779. The van der Waals surface area contributed by atoms with Crippen LogP contribution in [0.2, 0.25) is 0 Å². The molecule has 4 rings (SSSR count). The summed E-state index contributed by atoms with van der Waals surface area (Å²) in [7, 11) is 0. The molecule has 0 unspecified atom stereocenters. The summed E-state index contributed by atoms with van der Waals surface area (Å²) in [6, 6.07) is 6.36. The van der Waals surface area contributed by atoms with Crippen molar-refractivity contribution in [2.45, 2.75) is 33.6 Å². The van der Waals surface area contributed by atoms with E-state index in [1.165, 1.54) is 17.7 Å². The fourth-order valence-corrected chi connectivity index (χ4v) is 3.88. The van der Waals surface area contributed by atoms with E-state index in [0.29, 0.717) is 0 Å². The highest BCUT2D eigenvalue weighted by molar-refractivity contribution is 5.67. The predicted molar refractivity (Wildman–Crippen MR) is 88.8 cm³/mol. The van der Waals surface area contributed by atoms with Gasteiger partial charge < -0.3 is 4.79 Å². The van der Waals surface area contributed by atoms with Crippen LogP contribution >= 0.6 is 0 Å². The van der Waals surface area contributed by atoms with Gasteiger partial charge in [0.2, 0.25) is 0 Å². The smallest absolute Gasteiger partial charge is 0.123 e. The fourth-order valence-electron chi connectivity index (χ4n) is 3.88. The van der Waals surface area contributed by atoms with Gasteiger partial charge in [0, 0.05) is 11.3 Å². The third kappa shape index (κ3) is 2.24. The molecule has 2 aromatic rings. The van der Waals surface area contributed by atoms with Crippen molar-refractivity contribution in [1.29, 1.82) is 0 Å². The fraction of sp³-hybridized carbons (Fsp3) is 0.368. The first-order valence-electron chi connectivity index (χ1n) is 7.61. The molecule has 4 heteroatoms. The van der Waals surface area contributed by atoms with Crippen LogP contribution in [0.4, 0.5) is 4.39 Å². The summed E-state index contributed by atoms with van der Waals surface area (Å²) in [4.78, 5) is 11.4. The maximum Gasteiger partial charge on any atom is 0.123 e. The first-order chi connectivity index (χ1) is 10.6. The number of nitrogens with zero attached hydrogens (tertiary/aromatic N) is 2.